The zero-order chi connectivity index (χ0) is 25.4. The minimum absolute atomic E-state index is 0. The molecule has 2 atom stereocenters. The van der Waals surface area contributed by atoms with Crippen LogP contribution in [0.3, 0.4) is 0 Å². The van der Waals surface area contributed by atoms with Crippen LogP contribution in [0.2, 0.25) is 19.6 Å². The van der Waals surface area contributed by atoms with Crippen LogP contribution in [0.15, 0.2) is 11.8 Å². The predicted molar refractivity (Wildman–Crippen MR) is 145 cm³/mol. The third-order valence-corrected chi connectivity index (χ3v) is 6.11. The van der Waals surface area contributed by atoms with E-state index in [-0.39, 0.29) is 42.8 Å². The molecule has 2 unspecified atom stereocenters. The molecule has 0 bridgehead atoms. The molecule has 0 saturated carbocycles. The van der Waals surface area contributed by atoms with E-state index in [4.69, 9.17) is 21.1 Å². The maximum atomic E-state index is 8.66. The molecule has 0 radical (unpaired) electrons. The summed E-state index contributed by atoms with van der Waals surface area (Å²) in [6.45, 7) is 28.8. The van der Waals surface area contributed by atoms with E-state index in [2.05, 4.69) is 83.1 Å². The quantitative estimate of drug-likeness (QED) is 0.435. The van der Waals surface area contributed by atoms with Crippen molar-refractivity contribution in [2.75, 3.05) is 19.6 Å². The average Bonchev–Trinajstić information content (AvgIpc) is 3.33. The summed E-state index contributed by atoms with van der Waals surface area (Å²) in [6, 6.07) is 0.710. The fraction of sp³-hybridized carbons (Fsp3) is 0.917. The van der Waals surface area contributed by atoms with Crippen molar-refractivity contribution >= 4 is 15.4 Å². The van der Waals surface area contributed by atoms with Crippen LogP contribution in [0.4, 0.5) is 0 Å². The van der Waals surface area contributed by atoms with Gasteiger partial charge < -0.3 is 35.8 Å². The average molecular weight is 543 g/mol. The Morgan fingerprint density at radius 1 is 0.824 bits per heavy atom. The van der Waals surface area contributed by atoms with Gasteiger partial charge in [0.05, 0.1) is 0 Å². The second kappa shape index (κ2) is 11.7. The third-order valence-electron chi connectivity index (χ3n) is 6.11. The summed E-state index contributed by atoms with van der Waals surface area (Å²) in [5, 5.41) is 0. The summed E-state index contributed by atoms with van der Waals surface area (Å²) in [5.74, 6) is 0. The van der Waals surface area contributed by atoms with Gasteiger partial charge in [0.2, 0.25) is 0 Å². The Kier molecular flexibility index (Phi) is 11.1. The Labute approximate surface area is 224 Å². The molecule has 2 fully saturated rings. The van der Waals surface area contributed by atoms with E-state index in [1.165, 1.54) is 0 Å². The van der Waals surface area contributed by atoms with Crippen molar-refractivity contribution < 1.29 is 24.3 Å². The van der Waals surface area contributed by atoms with E-state index in [0.29, 0.717) is 12.1 Å². The van der Waals surface area contributed by atoms with E-state index in [1.54, 1.807) is 0 Å². The van der Waals surface area contributed by atoms with Gasteiger partial charge in [-0.05, 0) is 44.7 Å². The summed E-state index contributed by atoms with van der Waals surface area (Å²) in [5.41, 5.74) is 16.9. The van der Waals surface area contributed by atoms with Crippen LogP contribution in [-0.2, 0) is 19.5 Å². The van der Waals surface area contributed by atoms with Crippen molar-refractivity contribution in [3.63, 3.8) is 0 Å². The molecule has 1 N–H and O–H groups in total. The summed E-state index contributed by atoms with van der Waals surface area (Å²) in [4.78, 5) is 15.4. The second-order valence-electron chi connectivity index (χ2n) is 14.0. The summed E-state index contributed by atoms with van der Waals surface area (Å²) >= 11 is 0. The van der Waals surface area contributed by atoms with E-state index >= 15 is 0 Å². The van der Waals surface area contributed by atoms with E-state index in [1.807, 2.05) is 19.6 Å². The van der Waals surface area contributed by atoms with Crippen molar-refractivity contribution in [1.82, 2.24) is 14.8 Å². The first kappa shape index (κ1) is 32.2. The van der Waals surface area contributed by atoms with Gasteiger partial charge in [0.25, 0.3) is 0 Å². The Morgan fingerprint density at radius 3 is 1.47 bits per heavy atom. The molecule has 0 aliphatic carbocycles. The van der Waals surface area contributed by atoms with Gasteiger partial charge >= 0.3 is 7.12 Å². The van der Waals surface area contributed by atoms with Crippen molar-refractivity contribution in [3.8, 4) is 0 Å². The van der Waals surface area contributed by atoms with Gasteiger partial charge in [-0.3, -0.25) is 0 Å². The predicted octanol–water partition coefficient (Wildman–Crippen LogP) is 6.13. The van der Waals surface area contributed by atoms with Crippen LogP contribution in [0, 0.1) is 16.2 Å². The Bertz CT molecular complexity index is 642. The molecule has 7 nitrogen and oxygen atoms in total. The van der Waals surface area contributed by atoms with Gasteiger partial charge in [0.1, 0.15) is 0 Å². The number of nitrogens with zero attached hydrogens (tertiary/aromatic N) is 6. The normalized spacial score (nSPS) is 25.4. The first-order chi connectivity index (χ1) is 14.8. The Hall–Kier alpha value is 0.205. The fourth-order valence-electron chi connectivity index (χ4n) is 4.12. The van der Waals surface area contributed by atoms with Gasteiger partial charge in [-0.2, -0.15) is 0 Å². The zero-order valence-electron chi connectivity index (χ0n) is 24.2. The molecule has 3 rings (SSSR count). The van der Waals surface area contributed by atoms with Gasteiger partial charge in [-0.25, -0.2) is 0 Å². The molecule has 3 heterocycles. The van der Waals surface area contributed by atoms with Gasteiger partial charge in [0.15, 0.2) is 8.32 Å². The second-order valence-corrected chi connectivity index (χ2v) is 18.3. The Balaban J connectivity index is 0.000000873. The number of rotatable bonds is 3. The van der Waals surface area contributed by atoms with Crippen molar-refractivity contribution in [1.29, 1.82) is 0 Å². The molecule has 3 aliphatic rings. The summed E-state index contributed by atoms with van der Waals surface area (Å²) < 4.78 is 0. The molecule has 0 spiro atoms. The zero-order valence-corrected chi connectivity index (χ0v) is 28.1. The van der Waals surface area contributed by atoms with E-state index in [9.17, 15) is 0 Å². The molecule has 34 heavy (non-hydrogen) atoms. The Morgan fingerprint density at radius 2 is 1.21 bits per heavy atom. The van der Waals surface area contributed by atoms with Crippen LogP contribution in [0.1, 0.15) is 75.2 Å². The number of hydrogen-bond donors (Lipinski definition) is 1. The third kappa shape index (κ3) is 9.58. The number of allylic oxidation sites excluding steroid dienone is 1. The van der Waals surface area contributed by atoms with E-state index < -0.39 is 8.32 Å². The topological polar surface area (TPSA) is 72.2 Å². The van der Waals surface area contributed by atoms with Crippen molar-refractivity contribution in [2.24, 2.45) is 16.2 Å². The van der Waals surface area contributed by atoms with Crippen LogP contribution in [-0.4, -0.2) is 66.7 Å². The standard InChI is InChI=1S/C21H40BN6.C3H10OSi.Zn/c1-19(2,3)16-10-13-26(23-16)22(27-14-11-17(24-27)20(4,5)6)28-15-12-18(25-28)21(7,8)9;1-5(2,3)4;/h10,17-18H,11-15H2,1-9H3;4H,1-3H3;/q-3;;. The van der Waals surface area contributed by atoms with Crippen LogP contribution in [0.25, 0.3) is 16.3 Å². The fourth-order valence-corrected chi connectivity index (χ4v) is 4.12. The maximum Gasteiger partial charge on any atom is 0.350 e. The van der Waals surface area contributed by atoms with Crippen LogP contribution in [0.5, 0.6) is 0 Å². The van der Waals surface area contributed by atoms with Crippen molar-refractivity contribution in [3.05, 3.63) is 28.1 Å². The first-order valence-corrected chi connectivity index (χ1v) is 16.1. The maximum absolute atomic E-state index is 8.66. The largest absolute Gasteiger partial charge is 0.632 e. The SMILES string of the molecule is CC(C)(C)C1=CCN(B(N2CCC(C(C)(C)C)[N-]2)N2CCC(C(C)(C)C)[N-]2)[N-]1.C[Si](C)(C)O.[Zn]. The molecule has 2 saturated heterocycles. The molecular formula is C24H50BN6OSiZn-3. The monoisotopic (exact) mass is 541 g/mol. The van der Waals surface area contributed by atoms with Crippen LogP contribution >= 0.6 is 0 Å². The molecule has 0 amide bonds. The molecule has 10 heteroatoms. The molecule has 3 aliphatic heterocycles. The molecule has 194 valence electrons. The smallest absolute Gasteiger partial charge is 0.350 e. The minimum atomic E-state index is -1.61. The van der Waals surface area contributed by atoms with E-state index in [0.717, 1.165) is 38.2 Å². The minimum Gasteiger partial charge on any atom is -0.632 e. The van der Waals surface area contributed by atoms with Crippen LogP contribution < -0.4 is 0 Å². The molecule has 0 aromatic heterocycles. The summed E-state index contributed by atoms with van der Waals surface area (Å²) in [7, 11) is -1.63. The summed E-state index contributed by atoms with van der Waals surface area (Å²) in [6.07, 6.45) is 4.47. The van der Waals surface area contributed by atoms with Gasteiger partial charge in [0, 0.05) is 19.5 Å². The first-order valence-electron chi connectivity index (χ1n) is 12.6. The van der Waals surface area contributed by atoms with Gasteiger partial charge in [-0.15, -0.1) is 17.8 Å². The number of hydrogen-bond acceptors (Lipinski definition) is 4. The van der Waals surface area contributed by atoms with Gasteiger partial charge in [-0.1, -0.05) is 92.1 Å². The van der Waals surface area contributed by atoms with Crippen molar-refractivity contribution in [2.45, 2.75) is 107 Å². The molecule has 0 aromatic rings. The molecular weight excluding hydrogens is 493 g/mol. The molecule has 0 aromatic carbocycles.